The van der Waals surface area contributed by atoms with Crippen molar-refractivity contribution in [3.63, 3.8) is 0 Å². The Labute approximate surface area is 209 Å². The molecule has 0 saturated heterocycles. The minimum absolute atomic E-state index is 0.310. The first-order valence-corrected chi connectivity index (χ1v) is 16.9. The Balaban J connectivity index is 1.99. The van der Waals surface area contributed by atoms with Gasteiger partial charge in [-0.1, -0.05) is 6.07 Å². The first kappa shape index (κ1) is 31.2. The summed E-state index contributed by atoms with van der Waals surface area (Å²) in [6.45, 7) is 3.68. The molecule has 1 rings (SSSR count). The molecule has 0 amide bonds. The highest BCUT2D eigenvalue weighted by Crippen LogP contribution is 2.14. The molecule has 0 aliphatic carbocycles. The lowest BCUT2D eigenvalue weighted by molar-refractivity contribution is 0.269. The van der Waals surface area contributed by atoms with Crippen LogP contribution in [0, 0.1) is 0 Å². The van der Waals surface area contributed by atoms with Gasteiger partial charge >= 0.3 is 18.3 Å². The number of hydrogen-bond donors (Lipinski definition) is 4. The van der Waals surface area contributed by atoms with Crippen LogP contribution in [0.4, 0.5) is 0 Å². The third-order valence-electron chi connectivity index (χ3n) is 4.22. The van der Waals surface area contributed by atoms with Crippen molar-refractivity contribution in [2.24, 2.45) is 0 Å². The molecule has 0 saturated carbocycles. The normalized spacial score (nSPS) is 12.1. The van der Waals surface area contributed by atoms with Gasteiger partial charge in [0.1, 0.15) is 0 Å². The van der Waals surface area contributed by atoms with Crippen LogP contribution in [0.15, 0.2) is 18.2 Å². The molecule has 0 unspecified atom stereocenters. The molecule has 1 heterocycles. The third-order valence-corrected chi connectivity index (χ3v) is 8.34. The number of unbranched alkanes of at least 4 members (excludes halogenated alkanes) is 4. The Bertz CT molecular complexity index is 805. The predicted molar refractivity (Wildman–Crippen MR) is 137 cm³/mol. The van der Waals surface area contributed by atoms with E-state index in [2.05, 4.69) is 15.6 Å². The minimum Gasteiger partial charge on any atom is -0.478 e. The van der Waals surface area contributed by atoms with Crippen molar-refractivity contribution >= 4 is 39.9 Å². The fourth-order valence-electron chi connectivity index (χ4n) is 2.66. The van der Waals surface area contributed by atoms with Gasteiger partial charge in [-0.2, -0.15) is 21.8 Å². The lowest BCUT2D eigenvalue weighted by atomic mass is 10.2. The zero-order chi connectivity index (χ0) is 25.1. The van der Waals surface area contributed by atoms with Crippen molar-refractivity contribution in [3.05, 3.63) is 18.2 Å². The van der Waals surface area contributed by atoms with Crippen LogP contribution in [-0.2, 0) is 18.3 Å². The quantitative estimate of drug-likeness (QED) is 0.0927. The van der Waals surface area contributed by atoms with Crippen molar-refractivity contribution in [1.29, 1.82) is 0 Å². The number of pyridine rings is 1. The molecule has 198 valence electrons. The molecule has 0 fully saturated rings. The second-order valence-corrected chi connectivity index (χ2v) is 14.1. The number of hydrogen-bond acceptors (Lipinski definition) is 11. The summed E-state index contributed by atoms with van der Waals surface area (Å²) in [5.41, 5.74) is 0. The van der Waals surface area contributed by atoms with Gasteiger partial charge in [0.25, 0.3) is 0 Å². The Morgan fingerprint density at radius 2 is 1.15 bits per heavy atom. The van der Waals surface area contributed by atoms with E-state index in [-0.39, 0.29) is 0 Å². The zero-order valence-electron chi connectivity index (χ0n) is 19.1. The van der Waals surface area contributed by atoms with E-state index in [0.717, 1.165) is 51.6 Å². The van der Waals surface area contributed by atoms with Crippen molar-refractivity contribution in [2.75, 3.05) is 50.9 Å². The largest absolute Gasteiger partial charge is 0.478 e. The van der Waals surface area contributed by atoms with Gasteiger partial charge in [0.05, 0.1) is 13.2 Å². The van der Waals surface area contributed by atoms with E-state index in [1.165, 1.54) is 0 Å². The number of nitrogens with one attached hydrogen (secondary N) is 2. The van der Waals surface area contributed by atoms with Crippen LogP contribution < -0.4 is 20.1 Å². The van der Waals surface area contributed by atoms with Crippen LogP contribution in [-0.4, -0.2) is 81.8 Å². The number of rotatable bonds is 22. The number of aromatic nitrogens is 1. The predicted octanol–water partition coefficient (Wildman–Crippen LogP) is 2.43. The maximum Gasteiger partial charge on any atom is 0.319 e. The van der Waals surface area contributed by atoms with Gasteiger partial charge in [-0.25, -0.2) is 0 Å². The Kier molecular flexibility index (Phi) is 16.9. The van der Waals surface area contributed by atoms with Gasteiger partial charge in [-0.15, -0.1) is 0 Å². The summed E-state index contributed by atoms with van der Waals surface area (Å²) < 4.78 is 70.8. The second kappa shape index (κ2) is 18.5. The molecule has 0 aliphatic heterocycles. The molecule has 34 heavy (non-hydrogen) atoms. The van der Waals surface area contributed by atoms with Crippen molar-refractivity contribution < 1.29 is 35.4 Å². The highest BCUT2D eigenvalue weighted by atomic mass is 33.2. The average Bonchev–Trinajstić information content (AvgIpc) is 2.75. The van der Waals surface area contributed by atoms with E-state index in [1.54, 1.807) is 12.1 Å². The molecule has 0 aromatic carbocycles. The van der Waals surface area contributed by atoms with Crippen LogP contribution >= 0.6 is 21.6 Å². The summed E-state index contributed by atoms with van der Waals surface area (Å²) >= 11 is 0. The smallest absolute Gasteiger partial charge is 0.319 e. The van der Waals surface area contributed by atoms with Crippen molar-refractivity contribution in [1.82, 2.24) is 15.6 Å². The molecule has 0 atom stereocenters. The summed E-state index contributed by atoms with van der Waals surface area (Å²) in [5.74, 6) is 1.66. The van der Waals surface area contributed by atoms with Crippen LogP contribution in [0.1, 0.15) is 38.5 Å². The molecule has 1 aromatic heterocycles. The summed E-state index contributed by atoms with van der Waals surface area (Å²) in [7, 11) is -6.87. The standard InChI is InChI=1S/C19H35N3O8S4/c23-33(24,25)31-16-12-20-10-3-1-5-14-29-18-8-7-9-19(22-18)30-15-6-2-4-11-21-13-17-32-34(26,27)28/h7-9,20-21H,1-6,10-17H2,(H,23,24,25)(H,26,27,28). The summed E-state index contributed by atoms with van der Waals surface area (Å²) in [5, 5.41) is 6.25. The van der Waals surface area contributed by atoms with Crippen LogP contribution in [0.5, 0.6) is 11.8 Å². The van der Waals surface area contributed by atoms with Crippen LogP contribution in [0.2, 0.25) is 0 Å². The number of nitrogens with zero attached hydrogens (tertiary/aromatic N) is 1. The lowest BCUT2D eigenvalue weighted by Crippen LogP contribution is -2.19. The molecule has 0 aliphatic rings. The van der Waals surface area contributed by atoms with Crippen LogP contribution in [0.3, 0.4) is 0 Å². The monoisotopic (exact) mass is 561 g/mol. The summed E-state index contributed by atoms with van der Waals surface area (Å²) in [6.07, 6.45) is 5.55. The molecule has 15 heteroatoms. The van der Waals surface area contributed by atoms with Crippen molar-refractivity contribution in [2.45, 2.75) is 38.5 Å². The molecule has 0 spiro atoms. The van der Waals surface area contributed by atoms with Crippen molar-refractivity contribution in [3.8, 4) is 11.8 Å². The van der Waals surface area contributed by atoms with E-state index in [9.17, 15) is 16.8 Å². The number of ether oxygens (including phenoxy) is 2. The molecule has 1 aromatic rings. The first-order valence-electron chi connectivity index (χ1n) is 11.0. The highest BCUT2D eigenvalue weighted by Gasteiger charge is 2.05. The van der Waals surface area contributed by atoms with Gasteiger partial charge in [0, 0.05) is 36.7 Å². The second-order valence-electron chi connectivity index (χ2n) is 7.13. The minimum atomic E-state index is -3.95. The van der Waals surface area contributed by atoms with Gasteiger partial charge in [-0.3, -0.25) is 9.11 Å². The van der Waals surface area contributed by atoms with Gasteiger partial charge in [0.2, 0.25) is 11.8 Å². The van der Waals surface area contributed by atoms with Gasteiger partial charge in [-0.05, 0) is 73.2 Å². The third kappa shape index (κ3) is 20.6. The van der Waals surface area contributed by atoms with E-state index in [4.69, 9.17) is 18.6 Å². The van der Waals surface area contributed by atoms with Gasteiger partial charge < -0.3 is 20.1 Å². The topological polar surface area (TPSA) is 164 Å². The molecule has 11 nitrogen and oxygen atoms in total. The SMILES string of the molecule is O=S(=O)(O)SCCNCCCCCOc1cccc(OCCCCCNCCSS(=O)(=O)O)n1. The Hall–Kier alpha value is -0.810. The van der Waals surface area contributed by atoms with E-state index >= 15 is 0 Å². The molecule has 4 N–H and O–H groups in total. The fraction of sp³-hybridized carbons (Fsp3) is 0.737. The zero-order valence-corrected chi connectivity index (χ0v) is 22.3. The first-order chi connectivity index (χ1) is 16.2. The van der Waals surface area contributed by atoms with E-state index in [1.807, 2.05) is 6.07 Å². The fourth-order valence-corrected chi connectivity index (χ4v) is 5.30. The lowest BCUT2D eigenvalue weighted by Gasteiger charge is -2.09. The summed E-state index contributed by atoms with van der Waals surface area (Å²) in [6, 6.07) is 5.40. The van der Waals surface area contributed by atoms with E-state index in [0.29, 0.717) is 71.2 Å². The maximum absolute atomic E-state index is 10.6. The molecule has 0 radical (unpaired) electrons. The maximum atomic E-state index is 10.6. The van der Waals surface area contributed by atoms with E-state index < -0.39 is 18.3 Å². The summed E-state index contributed by atoms with van der Waals surface area (Å²) in [4.78, 5) is 4.33. The Morgan fingerprint density at radius 1 is 0.706 bits per heavy atom. The van der Waals surface area contributed by atoms with Gasteiger partial charge in [0.15, 0.2) is 0 Å². The van der Waals surface area contributed by atoms with Crippen LogP contribution in [0.25, 0.3) is 0 Å². The average molecular weight is 562 g/mol. The molecular formula is C19H35N3O8S4. The molecular weight excluding hydrogens is 526 g/mol. The highest BCUT2D eigenvalue weighted by molar-refractivity contribution is 8.70. The molecule has 0 bridgehead atoms. The Morgan fingerprint density at radius 3 is 1.56 bits per heavy atom.